The van der Waals surface area contributed by atoms with Crippen LogP contribution >= 0.6 is 0 Å². The summed E-state index contributed by atoms with van der Waals surface area (Å²) in [5.41, 5.74) is -0.398. The van der Waals surface area contributed by atoms with Crippen LogP contribution in [0.5, 0.6) is 0 Å². The van der Waals surface area contributed by atoms with E-state index in [4.69, 9.17) is 4.74 Å². The lowest BCUT2D eigenvalue weighted by atomic mass is 9.87. The second-order valence-corrected chi connectivity index (χ2v) is 16.1. The van der Waals surface area contributed by atoms with Crippen LogP contribution in [0.2, 0.25) is 25.7 Å². The average molecular weight is 373 g/mol. The van der Waals surface area contributed by atoms with E-state index in [1.54, 1.807) is 11.9 Å². The largest absolute Gasteiger partial charge is 0.450 e. The molecular weight excluding hydrogens is 332 g/mol. The quantitative estimate of drug-likeness (QED) is 0.676. The number of carbonyl (C=O) groups is 2. The van der Waals surface area contributed by atoms with Gasteiger partial charge in [-0.05, 0) is 17.9 Å². The monoisotopic (exact) mass is 372 g/mol. The maximum absolute atomic E-state index is 12.4. The lowest BCUT2D eigenvalue weighted by molar-refractivity contribution is -0.129. The van der Waals surface area contributed by atoms with Crippen LogP contribution in [0.4, 0.5) is 4.79 Å². The molecule has 0 bridgehead atoms. The first-order valence-electron chi connectivity index (χ1n) is 9.20. The first kappa shape index (κ1) is 24.0. The zero-order chi connectivity index (χ0) is 20.1. The molecule has 0 aliphatic heterocycles. The normalized spacial score (nSPS) is 14.0. The fraction of sp³-hybridized carbons (Fsp3) is 0.895. The summed E-state index contributed by atoms with van der Waals surface area (Å²) in [4.78, 5) is 26.1. The Morgan fingerprint density at radius 2 is 1.60 bits per heavy atom. The van der Waals surface area contributed by atoms with E-state index in [1.807, 2.05) is 20.8 Å². The van der Waals surface area contributed by atoms with Gasteiger partial charge in [-0.3, -0.25) is 4.79 Å². The van der Waals surface area contributed by atoms with Crippen LogP contribution in [0.25, 0.3) is 0 Å². The summed E-state index contributed by atoms with van der Waals surface area (Å²) in [5.74, 6) is 0.00208. The molecule has 0 aromatic heterocycles. The molecular formula is C19H40N2O3Si. The Labute approximate surface area is 155 Å². The van der Waals surface area contributed by atoms with Crippen LogP contribution in [0, 0.1) is 10.8 Å². The second-order valence-electron chi connectivity index (χ2n) is 10.5. The molecule has 1 N–H and O–H groups in total. The smallest absolute Gasteiger partial charge is 0.409 e. The molecule has 0 spiro atoms. The SMILES string of the molecule is CN(C[C@H](CC(C)(C)C)NC(=O)C(C)(C)C)C(=O)OCC[Si](C)(C)C. The summed E-state index contributed by atoms with van der Waals surface area (Å²) in [6, 6.07) is 0.861. The third-order valence-corrected chi connectivity index (χ3v) is 5.46. The van der Waals surface area contributed by atoms with Crippen molar-refractivity contribution in [3.63, 3.8) is 0 Å². The van der Waals surface area contributed by atoms with Crippen LogP contribution in [0.15, 0.2) is 0 Å². The predicted octanol–water partition coefficient (Wildman–Crippen LogP) is 4.36. The maximum atomic E-state index is 12.4. The number of hydrogen-bond acceptors (Lipinski definition) is 3. The summed E-state index contributed by atoms with van der Waals surface area (Å²) in [5, 5.41) is 3.10. The molecule has 0 aliphatic carbocycles. The van der Waals surface area contributed by atoms with Crippen molar-refractivity contribution in [1.29, 1.82) is 0 Å². The lowest BCUT2D eigenvalue weighted by Crippen LogP contribution is -2.49. The molecule has 2 amide bonds. The molecule has 0 unspecified atom stereocenters. The Morgan fingerprint density at radius 3 is 2.00 bits per heavy atom. The molecule has 0 fully saturated rings. The van der Waals surface area contributed by atoms with E-state index in [-0.39, 0.29) is 23.5 Å². The molecule has 0 saturated heterocycles. The Morgan fingerprint density at radius 1 is 1.08 bits per heavy atom. The standard InChI is InChI=1S/C19H40N2O3Si/c1-18(2,3)13-15(20-16(22)19(4,5)6)14-21(7)17(23)24-11-12-25(8,9)10/h15H,11-14H2,1-10H3,(H,20,22)/t15-/m0/s1. The van der Waals surface area contributed by atoms with Crippen molar-refractivity contribution in [2.45, 2.75) is 79.7 Å². The number of amides is 2. The molecule has 0 rings (SSSR count). The Kier molecular flexibility index (Phi) is 8.68. The zero-order valence-electron chi connectivity index (χ0n) is 18.1. The maximum Gasteiger partial charge on any atom is 0.409 e. The molecule has 0 aromatic rings. The minimum Gasteiger partial charge on any atom is -0.450 e. The lowest BCUT2D eigenvalue weighted by Gasteiger charge is -2.32. The van der Waals surface area contributed by atoms with Crippen molar-refractivity contribution in [2.75, 3.05) is 20.2 Å². The molecule has 148 valence electrons. The highest BCUT2D eigenvalue weighted by Gasteiger charge is 2.28. The molecule has 25 heavy (non-hydrogen) atoms. The number of nitrogens with one attached hydrogen (secondary N) is 1. The summed E-state index contributed by atoms with van der Waals surface area (Å²) in [7, 11) is 0.514. The minimum atomic E-state index is -1.22. The van der Waals surface area contributed by atoms with E-state index in [2.05, 4.69) is 45.7 Å². The minimum absolute atomic E-state index is 0.00208. The molecule has 1 atom stereocenters. The first-order chi connectivity index (χ1) is 11.0. The summed E-state index contributed by atoms with van der Waals surface area (Å²) in [6.45, 7) is 19.8. The summed E-state index contributed by atoms with van der Waals surface area (Å²) in [6.07, 6.45) is 0.476. The van der Waals surface area contributed by atoms with Gasteiger partial charge < -0.3 is 15.0 Å². The van der Waals surface area contributed by atoms with Gasteiger partial charge in [0.15, 0.2) is 0 Å². The van der Waals surface area contributed by atoms with E-state index in [9.17, 15) is 9.59 Å². The van der Waals surface area contributed by atoms with Gasteiger partial charge in [0.1, 0.15) is 0 Å². The summed E-state index contributed by atoms with van der Waals surface area (Å²) < 4.78 is 5.39. The van der Waals surface area contributed by atoms with E-state index in [0.29, 0.717) is 13.2 Å². The Bertz CT molecular complexity index is 445. The van der Waals surface area contributed by atoms with Crippen LogP contribution < -0.4 is 5.32 Å². The van der Waals surface area contributed by atoms with E-state index < -0.39 is 13.5 Å². The van der Waals surface area contributed by atoms with Crippen LogP contribution in [-0.4, -0.2) is 51.2 Å². The molecule has 5 nitrogen and oxygen atoms in total. The van der Waals surface area contributed by atoms with Gasteiger partial charge in [0.25, 0.3) is 0 Å². The van der Waals surface area contributed by atoms with Crippen molar-refractivity contribution in [1.82, 2.24) is 10.2 Å². The van der Waals surface area contributed by atoms with Gasteiger partial charge in [-0.25, -0.2) is 4.79 Å². The Hall–Kier alpha value is -1.04. The molecule has 0 saturated carbocycles. The molecule has 0 radical (unpaired) electrons. The zero-order valence-corrected chi connectivity index (χ0v) is 19.1. The first-order valence-corrected chi connectivity index (χ1v) is 12.9. The van der Waals surface area contributed by atoms with Crippen LogP contribution in [0.3, 0.4) is 0 Å². The van der Waals surface area contributed by atoms with Gasteiger partial charge in [-0.2, -0.15) is 0 Å². The highest BCUT2D eigenvalue weighted by atomic mass is 28.3. The van der Waals surface area contributed by atoms with Crippen LogP contribution in [-0.2, 0) is 9.53 Å². The number of carbonyl (C=O) groups excluding carboxylic acids is 2. The van der Waals surface area contributed by atoms with Gasteiger partial charge in [0, 0.05) is 33.1 Å². The molecule has 0 heterocycles. The predicted molar refractivity (Wildman–Crippen MR) is 108 cm³/mol. The fourth-order valence-electron chi connectivity index (χ4n) is 2.26. The van der Waals surface area contributed by atoms with Crippen LogP contribution in [0.1, 0.15) is 48.0 Å². The topological polar surface area (TPSA) is 58.6 Å². The van der Waals surface area contributed by atoms with E-state index in [0.717, 1.165) is 12.5 Å². The van der Waals surface area contributed by atoms with Gasteiger partial charge in [-0.1, -0.05) is 61.2 Å². The third kappa shape index (κ3) is 12.0. The molecule has 6 heteroatoms. The number of likely N-dealkylation sites (N-methyl/N-ethyl adjacent to an activating group) is 1. The van der Waals surface area contributed by atoms with Crippen molar-refractivity contribution in [2.24, 2.45) is 10.8 Å². The number of hydrogen-bond donors (Lipinski definition) is 1. The highest BCUT2D eigenvalue weighted by Crippen LogP contribution is 2.22. The van der Waals surface area contributed by atoms with E-state index >= 15 is 0 Å². The number of ether oxygens (including phenoxy) is 1. The van der Waals surface area contributed by atoms with Crippen molar-refractivity contribution < 1.29 is 14.3 Å². The number of rotatable bonds is 7. The van der Waals surface area contributed by atoms with Gasteiger partial charge in [-0.15, -0.1) is 0 Å². The number of nitrogens with zero attached hydrogens (tertiary/aromatic N) is 1. The molecule has 0 aliphatic rings. The third-order valence-electron chi connectivity index (χ3n) is 3.76. The van der Waals surface area contributed by atoms with Crippen molar-refractivity contribution in [3.05, 3.63) is 0 Å². The van der Waals surface area contributed by atoms with Gasteiger partial charge >= 0.3 is 6.09 Å². The highest BCUT2D eigenvalue weighted by molar-refractivity contribution is 6.76. The van der Waals surface area contributed by atoms with Crippen molar-refractivity contribution in [3.8, 4) is 0 Å². The second kappa shape index (κ2) is 9.06. The fourth-order valence-corrected chi connectivity index (χ4v) is 2.98. The van der Waals surface area contributed by atoms with Gasteiger partial charge in [0.2, 0.25) is 5.91 Å². The van der Waals surface area contributed by atoms with E-state index in [1.165, 1.54) is 0 Å². The van der Waals surface area contributed by atoms with Crippen molar-refractivity contribution >= 4 is 20.1 Å². The van der Waals surface area contributed by atoms with Gasteiger partial charge in [0.05, 0.1) is 6.61 Å². The summed E-state index contributed by atoms with van der Waals surface area (Å²) >= 11 is 0. The average Bonchev–Trinajstić information content (AvgIpc) is 2.33. The Balaban J connectivity index is 4.76. The molecule has 0 aromatic carbocycles.